The van der Waals surface area contributed by atoms with Crippen molar-refractivity contribution in [1.29, 1.82) is 0 Å². The zero-order valence-electron chi connectivity index (χ0n) is 14.4. The van der Waals surface area contributed by atoms with Crippen LogP contribution in [0.15, 0.2) is 63.5 Å². The van der Waals surface area contributed by atoms with Crippen molar-refractivity contribution in [1.82, 2.24) is 0 Å². The van der Waals surface area contributed by atoms with Gasteiger partial charge in [0.05, 0.1) is 14.5 Å². The van der Waals surface area contributed by atoms with E-state index in [1.165, 1.54) is 6.07 Å². The summed E-state index contributed by atoms with van der Waals surface area (Å²) in [5.41, 5.74) is 1.61. The van der Waals surface area contributed by atoms with Gasteiger partial charge in [0, 0.05) is 38.9 Å². The van der Waals surface area contributed by atoms with Crippen LogP contribution in [0.5, 0.6) is 5.75 Å². The SMILES string of the molecule is O=C(O)c1ccccc1-c1c2cc(Br)c(=O)c(Br)c-2oc2c(Br)c(O)c(Br)cc12.[Ag].[NaH].[NaH]. The number of rotatable bonds is 2. The van der Waals surface area contributed by atoms with Crippen molar-refractivity contribution in [2.24, 2.45) is 0 Å². The Kier molecular flexibility index (Phi) is 12.0. The number of benzene rings is 3. The molecular weight excluding hydrogens is 794 g/mol. The molecule has 0 spiro atoms. The molecule has 32 heavy (non-hydrogen) atoms. The first-order valence-corrected chi connectivity index (χ1v) is 11.2. The molecule has 0 unspecified atom stereocenters. The molecule has 4 rings (SSSR count). The molecule has 0 aromatic heterocycles. The molecule has 0 amide bonds. The van der Waals surface area contributed by atoms with Crippen LogP contribution >= 0.6 is 63.7 Å². The molecule has 2 aliphatic rings. The van der Waals surface area contributed by atoms with E-state index in [9.17, 15) is 19.8 Å². The molecule has 0 atom stereocenters. The van der Waals surface area contributed by atoms with E-state index in [0.29, 0.717) is 31.0 Å². The number of halogens is 4. The summed E-state index contributed by atoms with van der Waals surface area (Å²) in [6.45, 7) is 0. The number of carboxylic acid groups (broad SMARTS) is 1. The van der Waals surface area contributed by atoms with Gasteiger partial charge < -0.3 is 14.6 Å². The van der Waals surface area contributed by atoms with Crippen LogP contribution in [-0.4, -0.2) is 75.3 Å². The zero-order chi connectivity index (χ0) is 21.0. The summed E-state index contributed by atoms with van der Waals surface area (Å²) in [6, 6.07) is 9.84. The molecular formula is C20H10AgBr4Na2O5. The van der Waals surface area contributed by atoms with Gasteiger partial charge in [0.25, 0.3) is 0 Å². The van der Waals surface area contributed by atoms with Gasteiger partial charge >= 0.3 is 65.1 Å². The number of carboxylic acids is 1. The molecule has 5 nitrogen and oxygen atoms in total. The van der Waals surface area contributed by atoms with E-state index >= 15 is 0 Å². The van der Waals surface area contributed by atoms with Crippen molar-refractivity contribution in [3.8, 4) is 28.2 Å². The Morgan fingerprint density at radius 2 is 1.53 bits per heavy atom. The second-order valence-electron chi connectivity index (χ2n) is 6.10. The first-order valence-electron chi connectivity index (χ1n) is 8.00. The van der Waals surface area contributed by atoms with Crippen LogP contribution in [0.25, 0.3) is 33.4 Å². The number of aromatic hydroxyl groups is 1. The van der Waals surface area contributed by atoms with Crippen LogP contribution in [0.3, 0.4) is 0 Å². The second-order valence-corrected chi connectivity index (χ2v) is 9.40. The van der Waals surface area contributed by atoms with Crippen molar-refractivity contribution in [3.63, 3.8) is 0 Å². The molecule has 161 valence electrons. The number of fused-ring (bicyclic) bond motifs is 2. The summed E-state index contributed by atoms with van der Waals surface area (Å²) in [5, 5.41) is 20.6. The van der Waals surface area contributed by atoms with E-state index in [-0.39, 0.29) is 119 Å². The van der Waals surface area contributed by atoms with E-state index in [2.05, 4.69) is 63.7 Å². The molecule has 0 bridgehead atoms. The van der Waals surface area contributed by atoms with Gasteiger partial charge in [-0.25, -0.2) is 4.79 Å². The van der Waals surface area contributed by atoms with Crippen molar-refractivity contribution in [2.45, 2.75) is 0 Å². The van der Waals surface area contributed by atoms with Gasteiger partial charge in [-0.2, -0.15) is 0 Å². The van der Waals surface area contributed by atoms with E-state index in [0.717, 1.165) is 0 Å². The summed E-state index contributed by atoms with van der Waals surface area (Å²) >= 11 is 13.2. The molecule has 1 radical (unpaired) electrons. The minimum atomic E-state index is -1.09. The van der Waals surface area contributed by atoms with Gasteiger partial charge in [-0.15, -0.1) is 0 Å². The average molecular weight is 804 g/mol. The van der Waals surface area contributed by atoms with Crippen LogP contribution in [0.2, 0.25) is 0 Å². The Bertz CT molecular complexity index is 1380. The Morgan fingerprint density at radius 1 is 0.906 bits per heavy atom. The molecule has 0 saturated carbocycles. The molecule has 1 aliphatic carbocycles. The summed E-state index contributed by atoms with van der Waals surface area (Å²) < 4.78 is 7.17. The molecule has 0 fully saturated rings. The number of aromatic carboxylic acids is 1. The van der Waals surface area contributed by atoms with Crippen molar-refractivity contribution < 1.29 is 41.8 Å². The summed E-state index contributed by atoms with van der Waals surface area (Å²) in [4.78, 5) is 24.3. The third kappa shape index (κ3) is 5.41. The zero-order valence-corrected chi connectivity index (χ0v) is 22.2. The Hall–Kier alpha value is 1.06. The van der Waals surface area contributed by atoms with Crippen LogP contribution in [0.4, 0.5) is 0 Å². The fourth-order valence-corrected chi connectivity index (χ4v) is 5.57. The molecule has 1 heterocycles. The number of hydrogen-bond acceptors (Lipinski definition) is 4. The predicted molar refractivity (Wildman–Crippen MR) is 138 cm³/mol. The number of carbonyl (C=O) groups is 1. The first-order chi connectivity index (χ1) is 13.7. The quantitative estimate of drug-likeness (QED) is 0.200. The fraction of sp³-hybridized carbons (Fsp3) is 0. The van der Waals surface area contributed by atoms with E-state index in [1.54, 1.807) is 30.3 Å². The van der Waals surface area contributed by atoms with Crippen molar-refractivity contribution in [2.75, 3.05) is 0 Å². The summed E-state index contributed by atoms with van der Waals surface area (Å²) in [7, 11) is 0. The molecule has 2 N–H and O–H groups in total. The van der Waals surface area contributed by atoms with Gasteiger partial charge in [0.2, 0.25) is 5.43 Å². The summed E-state index contributed by atoms with van der Waals surface area (Å²) in [6.07, 6.45) is 0. The fourth-order valence-electron chi connectivity index (χ4n) is 3.17. The first kappa shape index (κ1) is 31.1. The van der Waals surface area contributed by atoms with E-state index < -0.39 is 5.97 Å². The monoisotopic (exact) mass is 799 g/mol. The van der Waals surface area contributed by atoms with Gasteiger partial charge in [-0.3, -0.25) is 4.79 Å². The van der Waals surface area contributed by atoms with Gasteiger partial charge in [0.15, 0.2) is 11.3 Å². The van der Waals surface area contributed by atoms with E-state index in [1.807, 2.05) is 0 Å². The van der Waals surface area contributed by atoms with Gasteiger partial charge in [0.1, 0.15) is 14.7 Å². The molecule has 2 aromatic rings. The Balaban J connectivity index is 0.00000171. The third-order valence-electron chi connectivity index (χ3n) is 4.45. The minimum absolute atomic E-state index is 0. The maximum atomic E-state index is 12.4. The van der Waals surface area contributed by atoms with Crippen LogP contribution < -0.4 is 5.43 Å². The molecule has 0 saturated heterocycles. The molecule has 2 aromatic carbocycles. The second kappa shape index (κ2) is 12.3. The normalized spacial score (nSPS) is 10.2. The van der Waals surface area contributed by atoms with Crippen molar-refractivity contribution >= 4 is 140 Å². The third-order valence-corrected chi connectivity index (χ3v) is 7.10. The van der Waals surface area contributed by atoms with E-state index in [4.69, 9.17) is 4.42 Å². The van der Waals surface area contributed by atoms with Crippen molar-refractivity contribution in [3.05, 3.63) is 70.1 Å². The Morgan fingerprint density at radius 3 is 2.16 bits per heavy atom. The molecule has 1 aliphatic heterocycles. The standard InChI is InChI=1S/C20H8Br4O5.Ag.2Na.2H/c21-11-5-9-13(7-3-1-2-4-8(7)20(27)28)10-6-12(22)17(26)15(24)19(10)29-18(9)14(23)16(11)25;;;;;/h1-6,25H,(H,27,28);;;;;. The number of phenolic OH excluding ortho intramolecular Hbond substituents is 1. The summed E-state index contributed by atoms with van der Waals surface area (Å²) in [5.74, 6) is -0.921. The Labute approximate surface area is 275 Å². The van der Waals surface area contributed by atoms with Gasteiger partial charge in [-0.1, -0.05) is 18.2 Å². The average Bonchev–Trinajstić information content (AvgIpc) is 2.69. The van der Waals surface area contributed by atoms with Crippen LogP contribution in [0, 0.1) is 0 Å². The number of hydrogen-bond donors (Lipinski definition) is 2. The van der Waals surface area contributed by atoms with Gasteiger partial charge in [-0.05, 0) is 87.5 Å². The van der Waals surface area contributed by atoms with Crippen LogP contribution in [-0.2, 0) is 22.4 Å². The molecule has 12 heteroatoms. The predicted octanol–water partition coefficient (Wildman–Crippen LogP) is 5.72. The van der Waals surface area contributed by atoms with Crippen LogP contribution in [0.1, 0.15) is 10.4 Å². The topological polar surface area (TPSA) is 87.7 Å². The number of phenols is 1. The maximum absolute atomic E-state index is 12.4.